The largest absolute Gasteiger partial charge is 0.493 e. The molecule has 0 fully saturated rings. The molecule has 0 bridgehead atoms. The number of methoxy groups -OCH3 is 1. The molecule has 0 saturated carbocycles. The highest BCUT2D eigenvalue weighted by Crippen LogP contribution is 2.32. The number of ether oxygens (including phenoxy) is 2. The third-order valence-electron chi connectivity index (χ3n) is 5.43. The monoisotopic (exact) mass is 504 g/mol. The van der Waals surface area contributed by atoms with E-state index in [1.165, 1.54) is 25.4 Å². The number of nitrogens with zero attached hydrogens (tertiary/aromatic N) is 1. The van der Waals surface area contributed by atoms with Gasteiger partial charge in [-0.15, -0.1) is 0 Å². The summed E-state index contributed by atoms with van der Waals surface area (Å²) in [4.78, 5) is 50.8. The van der Waals surface area contributed by atoms with Crippen LogP contribution < -0.4 is 14.9 Å². The summed E-state index contributed by atoms with van der Waals surface area (Å²) in [5.41, 5.74) is 0.992. The van der Waals surface area contributed by atoms with E-state index in [4.69, 9.17) is 19.2 Å². The molecule has 0 saturated heterocycles. The number of pyridine rings is 1. The molecule has 0 radical (unpaired) electrons. The van der Waals surface area contributed by atoms with Crippen molar-refractivity contribution in [1.82, 2.24) is 10.3 Å². The van der Waals surface area contributed by atoms with Gasteiger partial charge < -0.3 is 14.8 Å². The van der Waals surface area contributed by atoms with Gasteiger partial charge in [0.05, 0.1) is 13.0 Å². The van der Waals surface area contributed by atoms with Crippen molar-refractivity contribution in [3.8, 4) is 11.5 Å². The van der Waals surface area contributed by atoms with Crippen LogP contribution in [0.15, 0.2) is 30.5 Å². The van der Waals surface area contributed by atoms with Crippen LogP contribution in [-0.4, -0.2) is 42.6 Å². The van der Waals surface area contributed by atoms with Crippen LogP contribution in [0.3, 0.4) is 0 Å². The summed E-state index contributed by atoms with van der Waals surface area (Å²) in [7, 11) is 1.34. The van der Waals surface area contributed by atoms with Crippen molar-refractivity contribution in [3.05, 3.63) is 53.1 Å². The van der Waals surface area contributed by atoms with Gasteiger partial charge in [0.1, 0.15) is 18.5 Å². The molecule has 2 aromatic rings. The highest BCUT2D eigenvalue weighted by Gasteiger charge is 2.29. The lowest BCUT2D eigenvalue weighted by Crippen LogP contribution is -2.35. The molecule has 0 spiro atoms. The maximum atomic E-state index is 14.6. The number of rotatable bonds is 11. The lowest BCUT2D eigenvalue weighted by molar-refractivity contribution is -0.218. The number of carbonyl (C=O) groups is 3. The van der Waals surface area contributed by atoms with E-state index in [1.54, 1.807) is 33.8 Å². The molecule has 1 aromatic carbocycles. The zero-order chi connectivity index (χ0) is 27.0. The molecule has 2 unspecified atom stereocenters. The Bertz CT molecular complexity index is 1090. The average molecular weight is 505 g/mol. The topological polar surface area (TPSA) is 113 Å². The Morgan fingerprint density at radius 1 is 1.08 bits per heavy atom. The lowest BCUT2D eigenvalue weighted by atomic mass is 9.84. The average Bonchev–Trinajstić information content (AvgIpc) is 2.81. The van der Waals surface area contributed by atoms with Crippen molar-refractivity contribution in [1.29, 1.82) is 0 Å². The van der Waals surface area contributed by atoms with E-state index in [9.17, 15) is 18.8 Å². The number of hydrogen-bond acceptors (Lipinski definition) is 8. The minimum atomic E-state index is -0.779. The number of aryl methyl sites for hydroxylation is 1. The zero-order valence-corrected chi connectivity index (χ0v) is 21.6. The van der Waals surface area contributed by atoms with Gasteiger partial charge >= 0.3 is 11.9 Å². The Hall–Kier alpha value is -3.69. The van der Waals surface area contributed by atoms with Crippen molar-refractivity contribution in [3.63, 3.8) is 0 Å². The van der Waals surface area contributed by atoms with E-state index in [1.807, 2.05) is 19.9 Å². The fraction of sp³-hybridized carbons (Fsp3) is 0.462. The number of aromatic nitrogens is 1. The van der Waals surface area contributed by atoms with E-state index >= 15 is 0 Å². The summed E-state index contributed by atoms with van der Waals surface area (Å²) in [5, 5.41) is 2.41. The molecule has 196 valence electrons. The van der Waals surface area contributed by atoms with Gasteiger partial charge in [0, 0.05) is 18.2 Å². The number of amides is 1. The van der Waals surface area contributed by atoms with Crippen LogP contribution in [0, 0.1) is 24.6 Å². The fourth-order valence-electron chi connectivity index (χ4n) is 3.63. The SMILES string of the molecule is COc1ccnc(C(=O)NCC(=O)OC(C)C(c2ccc(C)cc2F)C(C)C)c1OOC(=O)C(C)C. The number of hydrogen-bond donors (Lipinski definition) is 1. The van der Waals surface area contributed by atoms with Crippen LogP contribution in [0.2, 0.25) is 0 Å². The molecule has 0 aliphatic carbocycles. The van der Waals surface area contributed by atoms with Crippen LogP contribution >= 0.6 is 0 Å². The van der Waals surface area contributed by atoms with Gasteiger partial charge in [-0.1, -0.05) is 39.8 Å². The Balaban J connectivity index is 2.08. The molecule has 0 aliphatic heterocycles. The molecule has 2 rings (SSSR count). The zero-order valence-electron chi connectivity index (χ0n) is 21.6. The third kappa shape index (κ3) is 7.40. The van der Waals surface area contributed by atoms with Gasteiger partial charge in [0.25, 0.3) is 11.7 Å². The first-order valence-corrected chi connectivity index (χ1v) is 11.6. The van der Waals surface area contributed by atoms with Gasteiger partial charge in [-0.3, -0.25) is 14.5 Å². The summed E-state index contributed by atoms with van der Waals surface area (Å²) in [6.45, 7) is 10.1. The number of benzene rings is 1. The fourth-order valence-corrected chi connectivity index (χ4v) is 3.63. The number of nitrogens with one attached hydrogen (secondary N) is 1. The highest BCUT2D eigenvalue weighted by atomic mass is 19.1. The van der Waals surface area contributed by atoms with Gasteiger partial charge in [0.15, 0.2) is 11.4 Å². The van der Waals surface area contributed by atoms with Crippen molar-refractivity contribution in [2.75, 3.05) is 13.7 Å². The van der Waals surface area contributed by atoms with Gasteiger partial charge in [0.2, 0.25) is 0 Å². The van der Waals surface area contributed by atoms with E-state index in [0.29, 0.717) is 5.56 Å². The molecule has 1 amide bonds. The first-order chi connectivity index (χ1) is 17.0. The molecule has 10 heteroatoms. The molecule has 36 heavy (non-hydrogen) atoms. The normalized spacial score (nSPS) is 12.6. The maximum absolute atomic E-state index is 14.6. The summed E-state index contributed by atoms with van der Waals surface area (Å²) in [6.07, 6.45) is 0.644. The molecule has 1 heterocycles. The molecule has 1 N–H and O–H groups in total. The summed E-state index contributed by atoms with van der Waals surface area (Å²) in [5.74, 6) is -3.51. The molecular weight excluding hydrogens is 471 g/mol. The third-order valence-corrected chi connectivity index (χ3v) is 5.43. The van der Waals surface area contributed by atoms with Gasteiger partial charge in [-0.2, -0.15) is 0 Å². The second-order valence-electron chi connectivity index (χ2n) is 9.00. The summed E-state index contributed by atoms with van der Waals surface area (Å²) in [6, 6.07) is 6.37. The number of carbonyl (C=O) groups excluding carboxylic acids is 3. The van der Waals surface area contributed by atoms with Crippen LogP contribution in [0.25, 0.3) is 0 Å². The van der Waals surface area contributed by atoms with Crippen molar-refractivity contribution in [2.45, 2.75) is 53.6 Å². The summed E-state index contributed by atoms with van der Waals surface area (Å²) >= 11 is 0. The van der Waals surface area contributed by atoms with Gasteiger partial charge in [-0.05, 0) is 37.0 Å². The Labute approximate surface area is 210 Å². The minimum absolute atomic E-state index is 0.0196. The molecule has 2 atom stereocenters. The molecule has 9 nitrogen and oxygen atoms in total. The molecular formula is C26H33FN2O7. The minimum Gasteiger partial charge on any atom is -0.493 e. The smallest absolute Gasteiger partial charge is 0.357 e. The summed E-state index contributed by atoms with van der Waals surface area (Å²) < 4.78 is 25.3. The van der Waals surface area contributed by atoms with Crippen LogP contribution in [-0.2, 0) is 19.2 Å². The van der Waals surface area contributed by atoms with Crippen LogP contribution in [0.4, 0.5) is 4.39 Å². The van der Waals surface area contributed by atoms with Crippen molar-refractivity contribution < 1.29 is 38.0 Å². The Morgan fingerprint density at radius 3 is 2.36 bits per heavy atom. The van der Waals surface area contributed by atoms with Crippen molar-refractivity contribution >= 4 is 17.8 Å². The Morgan fingerprint density at radius 2 is 1.78 bits per heavy atom. The molecule has 1 aromatic heterocycles. The molecule has 0 aliphatic rings. The first-order valence-electron chi connectivity index (χ1n) is 11.6. The number of halogens is 1. The quantitative estimate of drug-likeness (QED) is 0.276. The van der Waals surface area contributed by atoms with E-state index in [-0.39, 0.29) is 34.8 Å². The second-order valence-corrected chi connectivity index (χ2v) is 9.00. The van der Waals surface area contributed by atoms with E-state index < -0.39 is 36.4 Å². The number of esters is 1. The van der Waals surface area contributed by atoms with E-state index in [2.05, 4.69) is 10.3 Å². The highest BCUT2D eigenvalue weighted by molar-refractivity contribution is 5.97. The van der Waals surface area contributed by atoms with Crippen LogP contribution in [0.5, 0.6) is 11.5 Å². The Kier molecular flexibility index (Phi) is 10.2. The van der Waals surface area contributed by atoms with Crippen molar-refractivity contribution in [2.24, 2.45) is 11.8 Å². The maximum Gasteiger partial charge on any atom is 0.357 e. The van der Waals surface area contributed by atoms with E-state index in [0.717, 1.165) is 5.56 Å². The predicted octanol–water partition coefficient (Wildman–Crippen LogP) is 4.13. The predicted molar refractivity (Wildman–Crippen MR) is 129 cm³/mol. The standard InChI is InChI=1S/C26H33FN2O7/c1-14(2)22(18-9-8-16(5)12-19(18)27)17(6)34-21(30)13-29-25(31)23-24(20(33-7)10-11-28-23)35-36-26(32)15(3)4/h8-12,14-15,17,22H,13H2,1-7H3,(H,29,31). The van der Waals surface area contributed by atoms with Crippen LogP contribution in [0.1, 0.15) is 62.2 Å². The lowest BCUT2D eigenvalue weighted by Gasteiger charge is -2.28. The first kappa shape index (κ1) is 28.5. The van der Waals surface area contributed by atoms with Gasteiger partial charge in [-0.25, -0.2) is 19.1 Å². The second kappa shape index (κ2) is 12.9.